The SMILES string of the molecule is NCCC[C@@H](N)C(=O)O.NCCc1ccccc1.O=C(O)Cc1ccccc1.O=Cc1ccc([N+](=O)[O-])cc1. The number of carboxylic acids is 2. The summed E-state index contributed by atoms with van der Waals surface area (Å²) in [5.74, 6) is -1.74. The van der Waals surface area contributed by atoms with Crippen molar-refractivity contribution in [3.05, 3.63) is 112 Å². The van der Waals surface area contributed by atoms with Crippen LogP contribution in [0.3, 0.4) is 0 Å². The number of aliphatic carboxylic acids is 2. The standard InChI is InChI=1S/C8H11N.C8H8O2.C7H5NO3.C5H12N2O2/c9-7-6-8-4-2-1-3-5-8;9-8(10)6-7-4-2-1-3-5-7;9-5-6-1-3-7(4-2-6)8(10)11;6-3-1-2-4(7)5(8)9/h1-5H,6-7,9H2;1-5H,6H2,(H,9,10);1-5H;4H,1-3,6-7H2,(H,8,9)/t;;;4-/m...1/s1. The number of carboxylic acid groups (broad SMARTS) is 2. The second-order valence-electron chi connectivity index (χ2n) is 7.92. The minimum atomic E-state index is -0.955. The fourth-order valence-electron chi connectivity index (χ4n) is 2.72. The summed E-state index contributed by atoms with van der Waals surface area (Å²) in [6, 6.07) is 24.1. The van der Waals surface area contributed by atoms with E-state index in [1.807, 2.05) is 36.4 Å². The van der Waals surface area contributed by atoms with Crippen LogP contribution >= 0.6 is 0 Å². The quantitative estimate of drug-likeness (QED) is 0.144. The number of nitro benzene ring substituents is 1. The molecule has 0 fully saturated rings. The molecule has 0 saturated carbocycles. The van der Waals surface area contributed by atoms with Crippen LogP contribution in [0.5, 0.6) is 0 Å². The van der Waals surface area contributed by atoms with Crippen LogP contribution in [0.1, 0.15) is 34.3 Å². The van der Waals surface area contributed by atoms with E-state index in [2.05, 4.69) is 12.1 Å². The molecule has 0 aliphatic rings. The fraction of sp³-hybridized carbons (Fsp3) is 0.250. The van der Waals surface area contributed by atoms with E-state index < -0.39 is 22.9 Å². The largest absolute Gasteiger partial charge is 0.481 e. The van der Waals surface area contributed by atoms with Crippen molar-refractivity contribution in [2.24, 2.45) is 17.2 Å². The predicted octanol–water partition coefficient (Wildman–Crippen LogP) is 3.05. The van der Waals surface area contributed by atoms with E-state index in [1.165, 1.54) is 29.8 Å². The maximum atomic E-state index is 10.2. The highest BCUT2D eigenvalue weighted by molar-refractivity contribution is 5.75. The number of hydrogen-bond acceptors (Lipinski definition) is 8. The molecule has 3 rings (SSSR count). The number of benzene rings is 3. The van der Waals surface area contributed by atoms with Crippen molar-refractivity contribution in [1.29, 1.82) is 0 Å². The number of hydrogen-bond donors (Lipinski definition) is 5. The topological polar surface area (TPSA) is 213 Å². The number of aldehydes is 1. The normalized spacial score (nSPS) is 10.1. The average molecular weight is 541 g/mol. The number of nitrogens with two attached hydrogens (primary N) is 3. The molecule has 0 heterocycles. The average Bonchev–Trinajstić information content (AvgIpc) is 2.93. The van der Waals surface area contributed by atoms with Gasteiger partial charge in [0.2, 0.25) is 0 Å². The van der Waals surface area contributed by atoms with Crippen LogP contribution in [0.15, 0.2) is 84.9 Å². The Morgan fingerprint density at radius 2 is 1.36 bits per heavy atom. The number of carbonyl (C=O) groups is 3. The maximum absolute atomic E-state index is 10.2. The smallest absolute Gasteiger partial charge is 0.320 e. The monoisotopic (exact) mass is 540 g/mol. The van der Waals surface area contributed by atoms with Gasteiger partial charge in [0.15, 0.2) is 0 Å². The first-order valence-corrected chi connectivity index (χ1v) is 12.0. The Hall–Kier alpha value is -4.45. The van der Waals surface area contributed by atoms with Gasteiger partial charge in [-0.25, -0.2) is 0 Å². The molecule has 210 valence electrons. The van der Waals surface area contributed by atoms with E-state index in [9.17, 15) is 24.5 Å². The lowest BCUT2D eigenvalue weighted by molar-refractivity contribution is -0.384. The van der Waals surface area contributed by atoms with E-state index >= 15 is 0 Å². The van der Waals surface area contributed by atoms with Gasteiger partial charge in [-0.15, -0.1) is 0 Å². The number of carbonyl (C=O) groups excluding carboxylic acids is 1. The Kier molecular flexibility index (Phi) is 19.2. The first-order chi connectivity index (χ1) is 18.6. The van der Waals surface area contributed by atoms with Gasteiger partial charge in [-0.3, -0.25) is 24.5 Å². The van der Waals surface area contributed by atoms with Gasteiger partial charge >= 0.3 is 11.9 Å². The summed E-state index contributed by atoms with van der Waals surface area (Å²) in [4.78, 5) is 39.9. The molecule has 0 bridgehead atoms. The number of non-ortho nitro benzene ring substituents is 1. The van der Waals surface area contributed by atoms with E-state index in [1.54, 1.807) is 12.1 Å². The number of nitro groups is 1. The molecule has 0 spiro atoms. The summed E-state index contributed by atoms with van der Waals surface area (Å²) in [6.07, 6.45) is 2.88. The summed E-state index contributed by atoms with van der Waals surface area (Å²) < 4.78 is 0. The van der Waals surface area contributed by atoms with E-state index in [-0.39, 0.29) is 12.1 Å². The van der Waals surface area contributed by atoms with Gasteiger partial charge < -0.3 is 27.4 Å². The van der Waals surface area contributed by atoms with Crippen LogP contribution in [0, 0.1) is 10.1 Å². The van der Waals surface area contributed by atoms with Crippen molar-refractivity contribution in [2.75, 3.05) is 13.1 Å². The third-order valence-electron chi connectivity index (χ3n) is 4.75. The fourth-order valence-corrected chi connectivity index (χ4v) is 2.72. The highest BCUT2D eigenvalue weighted by Crippen LogP contribution is 2.10. The molecule has 0 saturated heterocycles. The molecule has 39 heavy (non-hydrogen) atoms. The molecule has 0 radical (unpaired) electrons. The Labute approximate surface area is 227 Å². The Morgan fingerprint density at radius 1 is 0.846 bits per heavy atom. The Bertz CT molecular complexity index is 1100. The molecule has 0 unspecified atom stereocenters. The van der Waals surface area contributed by atoms with Crippen LogP contribution in [0.2, 0.25) is 0 Å². The molecule has 3 aromatic rings. The van der Waals surface area contributed by atoms with Crippen molar-refractivity contribution in [1.82, 2.24) is 0 Å². The third kappa shape index (κ3) is 18.4. The van der Waals surface area contributed by atoms with Crippen LogP contribution in [0.4, 0.5) is 5.69 Å². The van der Waals surface area contributed by atoms with E-state index in [4.69, 9.17) is 27.4 Å². The summed E-state index contributed by atoms with van der Waals surface area (Å²) >= 11 is 0. The molecular formula is C28H36N4O7. The molecule has 8 N–H and O–H groups in total. The molecular weight excluding hydrogens is 504 g/mol. The van der Waals surface area contributed by atoms with Crippen molar-refractivity contribution in [2.45, 2.75) is 31.7 Å². The van der Waals surface area contributed by atoms with Crippen molar-refractivity contribution >= 4 is 23.9 Å². The molecule has 0 aromatic heterocycles. The van der Waals surface area contributed by atoms with Gasteiger partial charge in [0.05, 0.1) is 11.3 Å². The molecule has 11 nitrogen and oxygen atoms in total. The number of rotatable bonds is 10. The van der Waals surface area contributed by atoms with Crippen LogP contribution in [-0.4, -0.2) is 52.5 Å². The lowest BCUT2D eigenvalue weighted by Crippen LogP contribution is -2.30. The molecule has 0 aliphatic carbocycles. The van der Waals surface area contributed by atoms with Crippen LogP contribution < -0.4 is 17.2 Å². The highest BCUT2D eigenvalue weighted by Gasteiger charge is 2.08. The lowest BCUT2D eigenvalue weighted by Gasteiger charge is -2.02. The minimum absolute atomic E-state index is 0.00407. The van der Waals surface area contributed by atoms with Crippen LogP contribution in [0.25, 0.3) is 0 Å². The van der Waals surface area contributed by atoms with Gasteiger partial charge in [0.1, 0.15) is 12.3 Å². The molecule has 0 aliphatic heterocycles. The van der Waals surface area contributed by atoms with Gasteiger partial charge in [0, 0.05) is 17.7 Å². The second-order valence-corrected chi connectivity index (χ2v) is 7.92. The van der Waals surface area contributed by atoms with Crippen molar-refractivity contribution < 1.29 is 29.5 Å². The van der Waals surface area contributed by atoms with Gasteiger partial charge in [0.25, 0.3) is 5.69 Å². The zero-order valence-corrected chi connectivity index (χ0v) is 21.6. The first-order valence-electron chi connectivity index (χ1n) is 12.0. The third-order valence-corrected chi connectivity index (χ3v) is 4.75. The Balaban J connectivity index is 0.000000496. The molecule has 3 aromatic carbocycles. The lowest BCUT2D eigenvalue weighted by atomic mass is 10.2. The second kappa shape index (κ2) is 21.6. The van der Waals surface area contributed by atoms with Gasteiger partial charge in [-0.1, -0.05) is 60.7 Å². The summed E-state index contributed by atoms with van der Waals surface area (Å²) in [5.41, 5.74) is 18.2. The highest BCUT2D eigenvalue weighted by atomic mass is 16.6. The summed E-state index contributed by atoms with van der Waals surface area (Å²) in [6.45, 7) is 1.24. The summed E-state index contributed by atoms with van der Waals surface area (Å²) in [5, 5.41) is 26.7. The maximum Gasteiger partial charge on any atom is 0.320 e. The first kappa shape index (κ1) is 34.6. The predicted molar refractivity (Wildman–Crippen MR) is 149 cm³/mol. The zero-order valence-electron chi connectivity index (χ0n) is 21.6. The zero-order chi connectivity index (χ0) is 29.5. The molecule has 0 amide bonds. The van der Waals surface area contributed by atoms with Crippen molar-refractivity contribution in [3.8, 4) is 0 Å². The van der Waals surface area contributed by atoms with Gasteiger partial charge in [-0.05, 0) is 55.6 Å². The van der Waals surface area contributed by atoms with Gasteiger partial charge in [-0.2, -0.15) is 0 Å². The Morgan fingerprint density at radius 3 is 1.74 bits per heavy atom. The number of nitrogens with zero attached hydrogens (tertiary/aromatic N) is 1. The van der Waals surface area contributed by atoms with Crippen LogP contribution in [-0.2, 0) is 22.4 Å². The van der Waals surface area contributed by atoms with E-state index in [0.29, 0.717) is 31.2 Å². The molecule has 1 atom stereocenters. The minimum Gasteiger partial charge on any atom is -0.481 e. The summed E-state index contributed by atoms with van der Waals surface area (Å²) in [7, 11) is 0. The van der Waals surface area contributed by atoms with Crippen molar-refractivity contribution in [3.63, 3.8) is 0 Å². The van der Waals surface area contributed by atoms with E-state index in [0.717, 1.165) is 18.5 Å². The molecule has 11 heteroatoms.